The summed E-state index contributed by atoms with van der Waals surface area (Å²) in [5.74, 6) is 0.633. The van der Waals surface area contributed by atoms with Gasteiger partial charge in [-0.15, -0.1) is 0 Å². The SMILES string of the molecule is CC=NC/C(=C\C)C(C)C. The fraction of sp³-hybridized carbons (Fsp3) is 0.667. The molecule has 0 spiro atoms. The second kappa shape index (κ2) is 5.21. The maximum Gasteiger partial charge on any atom is 0.0598 e. The van der Waals surface area contributed by atoms with Crippen molar-refractivity contribution in [2.24, 2.45) is 10.9 Å². The average Bonchev–Trinajstić information content (AvgIpc) is 1.89. The Kier molecular flexibility index (Phi) is 4.91. The molecule has 0 atom stereocenters. The Morgan fingerprint density at radius 3 is 2.30 bits per heavy atom. The van der Waals surface area contributed by atoms with E-state index >= 15 is 0 Å². The number of rotatable bonds is 3. The lowest BCUT2D eigenvalue weighted by Gasteiger charge is -2.06. The lowest BCUT2D eigenvalue weighted by Crippen LogP contribution is -1.97. The molecule has 0 rings (SSSR count). The fourth-order valence-corrected chi connectivity index (χ4v) is 0.804. The first-order valence-corrected chi connectivity index (χ1v) is 3.81. The van der Waals surface area contributed by atoms with Gasteiger partial charge in [0.2, 0.25) is 0 Å². The summed E-state index contributed by atoms with van der Waals surface area (Å²) in [7, 11) is 0. The van der Waals surface area contributed by atoms with E-state index in [0.717, 1.165) is 6.54 Å². The van der Waals surface area contributed by atoms with Crippen molar-refractivity contribution in [1.29, 1.82) is 0 Å². The molecule has 0 aromatic heterocycles. The molecule has 0 unspecified atom stereocenters. The summed E-state index contributed by atoms with van der Waals surface area (Å²) in [5, 5.41) is 0. The minimum atomic E-state index is 0.633. The predicted molar refractivity (Wildman–Crippen MR) is 47.6 cm³/mol. The molecule has 0 heterocycles. The topological polar surface area (TPSA) is 12.4 Å². The van der Waals surface area contributed by atoms with Gasteiger partial charge in [0.25, 0.3) is 0 Å². The van der Waals surface area contributed by atoms with Crippen molar-refractivity contribution in [2.75, 3.05) is 6.54 Å². The van der Waals surface area contributed by atoms with Crippen molar-refractivity contribution in [3.05, 3.63) is 11.6 Å². The first kappa shape index (κ1) is 9.41. The van der Waals surface area contributed by atoms with Crippen LogP contribution in [0.2, 0.25) is 0 Å². The minimum absolute atomic E-state index is 0.633. The Morgan fingerprint density at radius 1 is 1.40 bits per heavy atom. The third-order valence-corrected chi connectivity index (χ3v) is 1.57. The van der Waals surface area contributed by atoms with Crippen LogP contribution < -0.4 is 0 Å². The molecule has 0 fully saturated rings. The molecule has 0 saturated heterocycles. The largest absolute Gasteiger partial charge is 0.293 e. The Labute approximate surface area is 63.9 Å². The molecule has 0 aromatic carbocycles. The Balaban J connectivity index is 3.86. The molecule has 58 valence electrons. The van der Waals surface area contributed by atoms with E-state index in [1.54, 1.807) is 0 Å². The van der Waals surface area contributed by atoms with Crippen LogP contribution in [0.5, 0.6) is 0 Å². The molecule has 0 saturated carbocycles. The summed E-state index contributed by atoms with van der Waals surface area (Å²) >= 11 is 0. The zero-order valence-corrected chi connectivity index (χ0v) is 7.39. The van der Waals surface area contributed by atoms with Crippen LogP contribution in [0.3, 0.4) is 0 Å². The Bertz CT molecular complexity index is 132. The lowest BCUT2D eigenvalue weighted by atomic mass is 10.0. The van der Waals surface area contributed by atoms with Gasteiger partial charge in [-0.3, -0.25) is 4.99 Å². The van der Waals surface area contributed by atoms with Gasteiger partial charge in [-0.05, 0) is 26.0 Å². The average molecular weight is 139 g/mol. The zero-order chi connectivity index (χ0) is 7.98. The number of hydrogen-bond acceptors (Lipinski definition) is 1. The molecule has 0 radical (unpaired) electrons. The quantitative estimate of drug-likeness (QED) is 0.421. The minimum Gasteiger partial charge on any atom is -0.293 e. The summed E-state index contributed by atoms with van der Waals surface area (Å²) in [6.45, 7) is 9.28. The summed E-state index contributed by atoms with van der Waals surface area (Å²) in [6.07, 6.45) is 4.00. The molecule has 0 aromatic rings. The van der Waals surface area contributed by atoms with Crippen LogP contribution in [0.1, 0.15) is 27.7 Å². The highest BCUT2D eigenvalue weighted by Crippen LogP contribution is 2.08. The van der Waals surface area contributed by atoms with E-state index in [1.165, 1.54) is 5.57 Å². The van der Waals surface area contributed by atoms with Crippen molar-refractivity contribution in [1.82, 2.24) is 0 Å². The van der Waals surface area contributed by atoms with Gasteiger partial charge in [-0.1, -0.05) is 25.5 Å². The van der Waals surface area contributed by atoms with Crippen LogP contribution in [0, 0.1) is 5.92 Å². The number of allylic oxidation sites excluding steroid dienone is 1. The summed E-state index contributed by atoms with van der Waals surface area (Å²) in [4.78, 5) is 4.17. The number of aliphatic imine (C=N–C) groups is 1. The van der Waals surface area contributed by atoms with Gasteiger partial charge >= 0.3 is 0 Å². The first-order valence-electron chi connectivity index (χ1n) is 3.81. The van der Waals surface area contributed by atoms with Gasteiger partial charge in [0.1, 0.15) is 0 Å². The highest BCUT2D eigenvalue weighted by atomic mass is 14.7. The van der Waals surface area contributed by atoms with E-state index < -0.39 is 0 Å². The van der Waals surface area contributed by atoms with E-state index in [9.17, 15) is 0 Å². The number of hydrogen-bond donors (Lipinski definition) is 0. The van der Waals surface area contributed by atoms with Gasteiger partial charge in [0.05, 0.1) is 6.54 Å². The van der Waals surface area contributed by atoms with Crippen LogP contribution in [-0.2, 0) is 0 Å². The molecule has 1 heteroatoms. The van der Waals surface area contributed by atoms with Gasteiger partial charge in [0, 0.05) is 0 Å². The van der Waals surface area contributed by atoms with E-state index in [0.29, 0.717) is 5.92 Å². The van der Waals surface area contributed by atoms with E-state index in [1.807, 2.05) is 13.1 Å². The van der Waals surface area contributed by atoms with Crippen LogP contribution in [-0.4, -0.2) is 12.8 Å². The van der Waals surface area contributed by atoms with Crippen LogP contribution in [0.15, 0.2) is 16.6 Å². The van der Waals surface area contributed by atoms with Gasteiger partial charge in [-0.2, -0.15) is 0 Å². The highest BCUT2D eigenvalue weighted by Gasteiger charge is 1.98. The summed E-state index contributed by atoms with van der Waals surface area (Å²) in [6, 6.07) is 0. The molecule has 1 nitrogen and oxygen atoms in total. The van der Waals surface area contributed by atoms with E-state index in [-0.39, 0.29) is 0 Å². The third-order valence-electron chi connectivity index (χ3n) is 1.57. The van der Waals surface area contributed by atoms with Crippen molar-refractivity contribution in [3.63, 3.8) is 0 Å². The van der Waals surface area contributed by atoms with Gasteiger partial charge in [0.15, 0.2) is 0 Å². The van der Waals surface area contributed by atoms with Crippen LogP contribution >= 0.6 is 0 Å². The molecule has 0 amide bonds. The Morgan fingerprint density at radius 2 is 2.00 bits per heavy atom. The van der Waals surface area contributed by atoms with Crippen LogP contribution in [0.4, 0.5) is 0 Å². The molecule has 0 bridgehead atoms. The maximum atomic E-state index is 4.17. The van der Waals surface area contributed by atoms with Crippen molar-refractivity contribution in [3.8, 4) is 0 Å². The normalized spacial score (nSPS) is 13.5. The Hall–Kier alpha value is -0.590. The molecular weight excluding hydrogens is 122 g/mol. The summed E-state index contributed by atoms with van der Waals surface area (Å²) < 4.78 is 0. The molecule has 0 aliphatic heterocycles. The van der Waals surface area contributed by atoms with Crippen molar-refractivity contribution in [2.45, 2.75) is 27.7 Å². The molecule has 0 N–H and O–H groups in total. The molecule has 0 aliphatic rings. The van der Waals surface area contributed by atoms with Crippen molar-refractivity contribution >= 4 is 6.21 Å². The lowest BCUT2D eigenvalue weighted by molar-refractivity contribution is 0.745. The second-order valence-electron chi connectivity index (χ2n) is 2.62. The first-order chi connectivity index (χ1) is 4.72. The smallest absolute Gasteiger partial charge is 0.0598 e. The molecule has 10 heavy (non-hydrogen) atoms. The van der Waals surface area contributed by atoms with Crippen molar-refractivity contribution < 1.29 is 0 Å². The van der Waals surface area contributed by atoms with Gasteiger partial charge < -0.3 is 0 Å². The number of nitrogens with zero attached hydrogens (tertiary/aromatic N) is 1. The zero-order valence-electron chi connectivity index (χ0n) is 7.39. The van der Waals surface area contributed by atoms with Gasteiger partial charge in [-0.25, -0.2) is 0 Å². The maximum absolute atomic E-state index is 4.17. The molecule has 0 aliphatic carbocycles. The predicted octanol–water partition coefficient (Wildman–Crippen LogP) is 2.68. The van der Waals surface area contributed by atoms with Crippen LogP contribution in [0.25, 0.3) is 0 Å². The highest BCUT2D eigenvalue weighted by molar-refractivity contribution is 5.53. The monoisotopic (exact) mass is 139 g/mol. The fourth-order valence-electron chi connectivity index (χ4n) is 0.804. The summed E-state index contributed by atoms with van der Waals surface area (Å²) in [5.41, 5.74) is 1.41. The van der Waals surface area contributed by atoms with E-state index in [4.69, 9.17) is 0 Å². The van der Waals surface area contributed by atoms with E-state index in [2.05, 4.69) is 31.8 Å². The molecular formula is C9H17N. The second-order valence-corrected chi connectivity index (χ2v) is 2.62. The standard InChI is InChI=1S/C9H17N/c1-5-9(8(3)4)7-10-6-2/h5-6,8H,7H2,1-4H3/b9-5+,10-6?. The third kappa shape index (κ3) is 3.44.